The standard InChI is InChI=1S/C18H22N2O3S/c1-13(2)19-18(21)15-7-9-16(10-8-15)20(4)24(22,23)17-11-5-14(3)6-12-17/h5-13H,1-4H3,(H,19,21). The molecule has 0 aromatic heterocycles. The van der Waals surface area contributed by atoms with Gasteiger partial charge in [-0.1, -0.05) is 17.7 Å². The van der Waals surface area contributed by atoms with Crippen molar-refractivity contribution in [1.29, 1.82) is 0 Å². The molecular weight excluding hydrogens is 324 g/mol. The van der Waals surface area contributed by atoms with E-state index in [0.717, 1.165) is 5.56 Å². The van der Waals surface area contributed by atoms with E-state index in [9.17, 15) is 13.2 Å². The molecule has 0 atom stereocenters. The SMILES string of the molecule is Cc1ccc(S(=O)(=O)N(C)c2ccc(C(=O)NC(C)C)cc2)cc1. The van der Waals surface area contributed by atoms with Gasteiger partial charge in [0.25, 0.3) is 15.9 Å². The molecule has 5 nitrogen and oxygen atoms in total. The van der Waals surface area contributed by atoms with Crippen LogP contribution in [0.4, 0.5) is 5.69 Å². The second-order valence-corrected chi connectivity index (χ2v) is 7.93. The Morgan fingerprint density at radius 2 is 1.54 bits per heavy atom. The smallest absolute Gasteiger partial charge is 0.264 e. The molecule has 6 heteroatoms. The number of rotatable bonds is 5. The van der Waals surface area contributed by atoms with Crippen LogP contribution in [0.5, 0.6) is 0 Å². The highest BCUT2D eigenvalue weighted by atomic mass is 32.2. The fourth-order valence-electron chi connectivity index (χ4n) is 2.18. The van der Waals surface area contributed by atoms with Crippen molar-refractivity contribution in [3.05, 3.63) is 59.7 Å². The van der Waals surface area contributed by atoms with Gasteiger partial charge in [-0.15, -0.1) is 0 Å². The largest absolute Gasteiger partial charge is 0.350 e. The molecule has 1 N–H and O–H groups in total. The lowest BCUT2D eigenvalue weighted by Gasteiger charge is -2.20. The van der Waals surface area contributed by atoms with E-state index < -0.39 is 10.0 Å². The maximum atomic E-state index is 12.7. The molecule has 2 rings (SSSR count). The fourth-order valence-corrected chi connectivity index (χ4v) is 3.37. The Morgan fingerprint density at radius 3 is 2.04 bits per heavy atom. The molecular formula is C18H22N2O3S. The van der Waals surface area contributed by atoms with Crippen LogP contribution in [0.25, 0.3) is 0 Å². The third-order valence-corrected chi connectivity index (χ3v) is 5.39. The molecule has 24 heavy (non-hydrogen) atoms. The number of hydrogen-bond donors (Lipinski definition) is 1. The maximum absolute atomic E-state index is 12.7. The molecule has 2 aromatic carbocycles. The molecule has 0 aliphatic carbocycles. The number of carbonyl (C=O) groups excluding carboxylic acids is 1. The maximum Gasteiger partial charge on any atom is 0.264 e. The summed E-state index contributed by atoms with van der Waals surface area (Å²) < 4.78 is 26.5. The first kappa shape index (κ1) is 18.0. The number of carbonyl (C=O) groups is 1. The number of nitrogens with one attached hydrogen (secondary N) is 1. The van der Waals surface area contributed by atoms with Gasteiger partial charge in [0.15, 0.2) is 0 Å². The van der Waals surface area contributed by atoms with Gasteiger partial charge in [0.2, 0.25) is 0 Å². The van der Waals surface area contributed by atoms with E-state index in [2.05, 4.69) is 5.32 Å². The van der Waals surface area contributed by atoms with Gasteiger partial charge in [-0.25, -0.2) is 8.42 Å². The summed E-state index contributed by atoms with van der Waals surface area (Å²) in [6, 6.07) is 13.2. The van der Waals surface area contributed by atoms with Crippen molar-refractivity contribution in [2.75, 3.05) is 11.4 Å². The summed E-state index contributed by atoms with van der Waals surface area (Å²) in [5, 5.41) is 2.80. The van der Waals surface area contributed by atoms with Crippen LogP contribution in [0.15, 0.2) is 53.4 Å². The molecule has 0 aliphatic rings. The van der Waals surface area contributed by atoms with Crippen molar-refractivity contribution in [2.45, 2.75) is 31.7 Å². The molecule has 0 saturated heterocycles. The second-order valence-electron chi connectivity index (χ2n) is 5.96. The summed E-state index contributed by atoms with van der Waals surface area (Å²) in [5.41, 5.74) is 1.99. The molecule has 0 radical (unpaired) electrons. The first-order valence-corrected chi connectivity index (χ1v) is 9.12. The summed E-state index contributed by atoms with van der Waals surface area (Å²) in [7, 11) is -2.13. The van der Waals surface area contributed by atoms with E-state index >= 15 is 0 Å². The zero-order chi connectivity index (χ0) is 17.9. The van der Waals surface area contributed by atoms with Crippen LogP contribution in [0, 0.1) is 6.92 Å². The molecule has 0 fully saturated rings. The number of nitrogens with zero attached hydrogens (tertiary/aromatic N) is 1. The zero-order valence-electron chi connectivity index (χ0n) is 14.3. The lowest BCUT2D eigenvalue weighted by molar-refractivity contribution is 0.0943. The summed E-state index contributed by atoms with van der Waals surface area (Å²) in [4.78, 5) is 12.2. The Bertz CT molecular complexity index is 810. The quantitative estimate of drug-likeness (QED) is 0.905. The molecule has 0 aliphatic heterocycles. The number of benzene rings is 2. The summed E-state index contributed by atoms with van der Waals surface area (Å²) in [6.45, 7) is 5.67. The molecule has 0 spiro atoms. The number of anilines is 1. The van der Waals surface area contributed by atoms with Crippen molar-refractivity contribution in [3.63, 3.8) is 0 Å². The topological polar surface area (TPSA) is 66.5 Å². The number of amides is 1. The minimum Gasteiger partial charge on any atom is -0.350 e. The fraction of sp³-hybridized carbons (Fsp3) is 0.278. The molecule has 0 saturated carbocycles. The Kier molecular flexibility index (Phi) is 5.29. The van der Waals surface area contributed by atoms with Gasteiger partial charge in [0.05, 0.1) is 10.6 Å². The average molecular weight is 346 g/mol. The number of hydrogen-bond acceptors (Lipinski definition) is 3. The molecule has 0 unspecified atom stereocenters. The lowest BCUT2D eigenvalue weighted by atomic mass is 10.2. The monoisotopic (exact) mass is 346 g/mol. The van der Waals surface area contributed by atoms with E-state index in [-0.39, 0.29) is 16.8 Å². The average Bonchev–Trinajstić information content (AvgIpc) is 2.54. The third-order valence-electron chi connectivity index (χ3n) is 3.59. The van der Waals surface area contributed by atoms with E-state index in [4.69, 9.17) is 0 Å². The summed E-state index contributed by atoms with van der Waals surface area (Å²) in [6.07, 6.45) is 0. The lowest BCUT2D eigenvalue weighted by Crippen LogP contribution is -2.30. The normalized spacial score (nSPS) is 11.4. The third kappa shape index (κ3) is 3.94. The van der Waals surface area contributed by atoms with Crippen molar-refractivity contribution < 1.29 is 13.2 Å². The van der Waals surface area contributed by atoms with Gasteiger partial charge in [-0.05, 0) is 57.2 Å². The minimum absolute atomic E-state index is 0.0433. The second kappa shape index (κ2) is 7.05. The highest BCUT2D eigenvalue weighted by Gasteiger charge is 2.21. The predicted octanol–water partition coefficient (Wildman–Crippen LogP) is 2.96. The summed E-state index contributed by atoms with van der Waals surface area (Å²) in [5.74, 6) is -0.180. The van der Waals surface area contributed by atoms with Gasteiger partial charge in [0.1, 0.15) is 0 Å². The summed E-state index contributed by atoms with van der Waals surface area (Å²) >= 11 is 0. The van der Waals surface area contributed by atoms with Crippen LogP contribution >= 0.6 is 0 Å². The van der Waals surface area contributed by atoms with Gasteiger partial charge in [-0.3, -0.25) is 9.10 Å². The Hall–Kier alpha value is -2.34. The van der Waals surface area contributed by atoms with Gasteiger partial charge < -0.3 is 5.32 Å². The molecule has 0 bridgehead atoms. The number of aryl methyl sites for hydroxylation is 1. The van der Waals surface area contributed by atoms with Crippen LogP contribution in [-0.2, 0) is 10.0 Å². The van der Waals surface area contributed by atoms with Crippen molar-refractivity contribution in [3.8, 4) is 0 Å². The van der Waals surface area contributed by atoms with E-state index in [1.165, 1.54) is 11.4 Å². The highest BCUT2D eigenvalue weighted by molar-refractivity contribution is 7.92. The predicted molar refractivity (Wildman–Crippen MR) is 95.8 cm³/mol. The number of sulfonamides is 1. The van der Waals surface area contributed by atoms with Crippen LogP contribution in [0.2, 0.25) is 0 Å². The molecule has 128 valence electrons. The Labute approximate surface area is 143 Å². The van der Waals surface area contributed by atoms with Crippen molar-refractivity contribution in [2.24, 2.45) is 0 Å². The van der Waals surface area contributed by atoms with Crippen molar-refractivity contribution in [1.82, 2.24) is 5.32 Å². The van der Waals surface area contributed by atoms with E-state index in [1.54, 1.807) is 48.5 Å². The van der Waals surface area contributed by atoms with E-state index in [0.29, 0.717) is 11.3 Å². The molecule has 2 aromatic rings. The van der Waals surface area contributed by atoms with Crippen LogP contribution in [0.3, 0.4) is 0 Å². The first-order chi connectivity index (χ1) is 11.2. The molecule has 0 heterocycles. The minimum atomic E-state index is -3.63. The van der Waals surface area contributed by atoms with Gasteiger partial charge in [-0.2, -0.15) is 0 Å². The Morgan fingerprint density at radius 1 is 1.00 bits per heavy atom. The van der Waals surface area contributed by atoms with Gasteiger partial charge >= 0.3 is 0 Å². The van der Waals surface area contributed by atoms with Crippen molar-refractivity contribution >= 4 is 21.6 Å². The molecule has 1 amide bonds. The van der Waals surface area contributed by atoms with E-state index in [1.807, 2.05) is 20.8 Å². The first-order valence-electron chi connectivity index (χ1n) is 7.68. The van der Waals surface area contributed by atoms with Crippen LogP contribution in [0.1, 0.15) is 29.8 Å². The zero-order valence-corrected chi connectivity index (χ0v) is 15.1. The highest BCUT2D eigenvalue weighted by Crippen LogP contribution is 2.22. The van der Waals surface area contributed by atoms with Crippen LogP contribution < -0.4 is 9.62 Å². The van der Waals surface area contributed by atoms with Crippen LogP contribution in [-0.4, -0.2) is 27.4 Å². The van der Waals surface area contributed by atoms with Gasteiger partial charge in [0, 0.05) is 18.7 Å². The Balaban J connectivity index is 2.24.